The molecule has 0 aromatic heterocycles. The molecule has 1 fully saturated rings. The zero-order valence-corrected chi connectivity index (χ0v) is 14.3. The zero-order valence-electron chi connectivity index (χ0n) is 13.5. The van der Waals surface area contributed by atoms with Gasteiger partial charge in [-0.2, -0.15) is 0 Å². The monoisotopic (exact) mass is 349 g/mol. The second-order valence-electron chi connectivity index (χ2n) is 6.20. The van der Waals surface area contributed by atoms with Gasteiger partial charge < -0.3 is 20.7 Å². The van der Waals surface area contributed by atoms with Gasteiger partial charge in [0.2, 0.25) is 0 Å². The molecule has 0 unspecified atom stereocenters. The number of hydrogen-bond acceptors (Lipinski definition) is 4. The standard InChI is InChI=1S/C19H23NO3.ClH/c20-18(19(22)14-7-4-8-14)16-10-9-15(11-17(16)21)23-12-13-5-2-1-3-6-13;/h1-3,5-6,9-11,14,18-19,21-22H,4,7-8,12,20H2;1H/t18-,19+;/m1./s1. The number of aliphatic hydroxyl groups is 1. The van der Waals surface area contributed by atoms with Crippen LogP contribution in [0.4, 0.5) is 0 Å². The second-order valence-corrected chi connectivity index (χ2v) is 6.20. The van der Waals surface area contributed by atoms with E-state index in [9.17, 15) is 10.2 Å². The van der Waals surface area contributed by atoms with E-state index in [1.165, 1.54) is 0 Å². The van der Waals surface area contributed by atoms with E-state index < -0.39 is 12.1 Å². The molecule has 4 nitrogen and oxygen atoms in total. The van der Waals surface area contributed by atoms with Crippen LogP contribution in [0.1, 0.15) is 36.4 Å². The first kappa shape index (κ1) is 18.6. The minimum atomic E-state index is -0.606. The van der Waals surface area contributed by atoms with Crippen molar-refractivity contribution in [2.45, 2.75) is 38.0 Å². The van der Waals surface area contributed by atoms with Crippen LogP contribution in [0.5, 0.6) is 11.5 Å². The largest absolute Gasteiger partial charge is 0.507 e. The Kier molecular flexibility index (Phi) is 6.49. The molecule has 3 rings (SSSR count). The van der Waals surface area contributed by atoms with Gasteiger partial charge in [0.25, 0.3) is 0 Å². The average Bonchev–Trinajstić information content (AvgIpc) is 2.52. The van der Waals surface area contributed by atoms with Crippen LogP contribution in [0, 0.1) is 5.92 Å². The van der Waals surface area contributed by atoms with E-state index in [-0.39, 0.29) is 24.1 Å². The highest BCUT2D eigenvalue weighted by molar-refractivity contribution is 5.85. The number of hydrogen-bond donors (Lipinski definition) is 3. The fraction of sp³-hybridized carbons (Fsp3) is 0.368. The van der Waals surface area contributed by atoms with Crippen LogP contribution in [0.15, 0.2) is 48.5 Å². The van der Waals surface area contributed by atoms with Gasteiger partial charge in [-0.05, 0) is 36.5 Å². The van der Waals surface area contributed by atoms with Crippen molar-refractivity contribution in [1.82, 2.24) is 0 Å². The lowest BCUT2D eigenvalue weighted by Gasteiger charge is -2.34. The number of halogens is 1. The molecule has 0 heterocycles. The predicted molar refractivity (Wildman–Crippen MR) is 96.4 cm³/mol. The molecule has 0 bridgehead atoms. The van der Waals surface area contributed by atoms with Gasteiger partial charge in [-0.3, -0.25) is 0 Å². The lowest BCUT2D eigenvalue weighted by molar-refractivity contribution is 0.0407. The first-order valence-corrected chi connectivity index (χ1v) is 8.08. The molecule has 0 saturated heterocycles. The molecule has 1 aliphatic rings. The van der Waals surface area contributed by atoms with Crippen LogP contribution < -0.4 is 10.5 Å². The molecule has 5 heteroatoms. The molecule has 2 aromatic rings. The highest BCUT2D eigenvalue weighted by atomic mass is 35.5. The number of aromatic hydroxyl groups is 1. The third kappa shape index (κ3) is 4.20. The van der Waals surface area contributed by atoms with E-state index in [0.717, 1.165) is 24.8 Å². The quantitative estimate of drug-likeness (QED) is 0.745. The number of rotatable bonds is 6. The molecule has 24 heavy (non-hydrogen) atoms. The third-order valence-corrected chi connectivity index (χ3v) is 4.61. The van der Waals surface area contributed by atoms with Crippen LogP contribution in [0.25, 0.3) is 0 Å². The summed E-state index contributed by atoms with van der Waals surface area (Å²) in [7, 11) is 0. The summed E-state index contributed by atoms with van der Waals surface area (Å²) in [5.74, 6) is 0.903. The molecule has 130 valence electrons. The Morgan fingerprint density at radius 3 is 2.42 bits per heavy atom. The molecule has 0 amide bonds. The van der Waals surface area contributed by atoms with Crippen molar-refractivity contribution in [3.63, 3.8) is 0 Å². The second kappa shape index (κ2) is 8.38. The Bertz CT molecular complexity index is 646. The molecule has 2 atom stereocenters. The molecule has 0 aliphatic heterocycles. The highest BCUT2D eigenvalue weighted by Crippen LogP contribution is 2.37. The van der Waals surface area contributed by atoms with E-state index in [1.807, 2.05) is 30.3 Å². The van der Waals surface area contributed by atoms with Crippen molar-refractivity contribution in [1.29, 1.82) is 0 Å². The summed E-state index contributed by atoms with van der Waals surface area (Å²) < 4.78 is 5.68. The molecule has 1 aliphatic carbocycles. The Labute approximate surface area is 148 Å². The normalized spacial score (nSPS) is 16.6. The van der Waals surface area contributed by atoms with Crippen LogP contribution >= 0.6 is 12.4 Å². The summed E-state index contributed by atoms with van der Waals surface area (Å²) in [6.45, 7) is 0.441. The lowest BCUT2D eigenvalue weighted by Crippen LogP contribution is -2.36. The minimum absolute atomic E-state index is 0. The van der Waals surface area contributed by atoms with Gasteiger partial charge in [0.15, 0.2) is 0 Å². The molecule has 0 spiro atoms. The predicted octanol–water partition coefficient (Wildman–Crippen LogP) is 3.55. The Morgan fingerprint density at radius 2 is 1.83 bits per heavy atom. The number of ether oxygens (including phenoxy) is 1. The van der Waals surface area contributed by atoms with Gasteiger partial charge in [0.05, 0.1) is 12.1 Å². The summed E-state index contributed by atoms with van der Waals surface area (Å²) in [5, 5.41) is 20.5. The van der Waals surface area contributed by atoms with Gasteiger partial charge in [-0.15, -0.1) is 12.4 Å². The Balaban J connectivity index is 0.00000208. The van der Waals surface area contributed by atoms with Gasteiger partial charge in [0.1, 0.15) is 18.1 Å². The zero-order chi connectivity index (χ0) is 16.2. The molecule has 4 N–H and O–H groups in total. The van der Waals surface area contributed by atoms with Crippen molar-refractivity contribution in [3.05, 3.63) is 59.7 Å². The number of aliphatic hydroxyl groups excluding tert-OH is 1. The van der Waals surface area contributed by atoms with Crippen LogP contribution in [0.3, 0.4) is 0 Å². The lowest BCUT2D eigenvalue weighted by atomic mass is 9.77. The SMILES string of the molecule is Cl.N[C@H](c1ccc(OCc2ccccc2)cc1O)[C@@H](O)C1CCC1. The minimum Gasteiger partial charge on any atom is -0.507 e. The van der Waals surface area contributed by atoms with E-state index in [4.69, 9.17) is 10.5 Å². The van der Waals surface area contributed by atoms with Gasteiger partial charge >= 0.3 is 0 Å². The number of phenols is 1. The van der Waals surface area contributed by atoms with E-state index in [2.05, 4.69) is 0 Å². The van der Waals surface area contributed by atoms with Gasteiger partial charge in [-0.1, -0.05) is 36.8 Å². The summed E-state index contributed by atoms with van der Waals surface area (Å²) in [6, 6.07) is 14.4. The summed E-state index contributed by atoms with van der Waals surface area (Å²) in [5.41, 5.74) is 7.74. The average molecular weight is 350 g/mol. The fourth-order valence-corrected chi connectivity index (χ4v) is 2.89. The summed E-state index contributed by atoms with van der Waals surface area (Å²) in [6.07, 6.45) is 2.56. The van der Waals surface area contributed by atoms with Crippen LogP contribution in [0.2, 0.25) is 0 Å². The summed E-state index contributed by atoms with van der Waals surface area (Å²) >= 11 is 0. The first-order valence-electron chi connectivity index (χ1n) is 8.08. The molecular formula is C19H24ClNO3. The van der Waals surface area contributed by atoms with Crippen LogP contribution in [-0.2, 0) is 6.61 Å². The molecule has 2 aromatic carbocycles. The van der Waals surface area contributed by atoms with E-state index >= 15 is 0 Å². The van der Waals surface area contributed by atoms with E-state index in [1.54, 1.807) is 18.2 Å². The third-order valence-electron chi connectivity index (χ3n) is 4.61. The van der Waals surface area contributed by atoms with E-state index in [0.29, 0.717) is 17.9 Å². The van der Waals surface area contributed by atoms with Gasteiger partial charge in [-0.25, -0.2) is 0 Å². The summed E-state index contributed by atoms with van der Waals surface area (Å²) in [4.78, 5) is 0. The maximum absolute atomic E-state index is 10.3. The van der Waals surface area contributed by atoms with Crippen molar-refractivity contribution in [2.75, 3.05) is 0 Å². The Hall–Kier alpha value is -1.75. The van der Waals surface area contributed by atoms with Crippen molar-refractivity contribution < 1.29 is 14.9 Å². The molecular weight excluding hydrogens is 326 g/mol. The van der Waals surface area contributed by atoms with Crippen molar-refractivity contribution in [2.24, 2.45) is 11.7 Å². The number of benzene rings is 2. The number of phenolic OH excluding ortho intramolecular Hbond substituents is 1. The smallest absolute Gasteiger partial charge is 0.124 e. The fourth-order valence-electron chi connectivity index (χ4n) is 2.89. The highest BCUT2D eigenvalue weighted by Gasteiger charge is 2.31. The van der Waals surface area contributed by atoms with Crippen molar-refractivity contribution in [3.8, 4) is 11.5 Å². The maximum atomic E-state index is 10.3. The maximum Gasteiger partial charge on any atom is 0.124 e. The first-order chi connectivity index (χ1) is 11.1. The Morgan fingerprint density at radius 1 is 1.12 bits per heavy atom. The molecule has 0 radical (unpaired) electrons. The molecule has 1 saturated carbocycles. The number of nitrogens with two attached hydrogens (primary N) is 1. The van der Waals surface area contributed by atoms with Gasteiger partial charge in [0, 0.05) is 11.6 Å². The topological polar surface area (TPSA) is 75.7 Å². The van der Waals surface area contributed by atoms with Crippen molar-refractivity contribution >= 4 is 12.4 Å². The van der Waals surface area contributed by atoms with Crippen LogP contribution in [-0.4, -0.2) is 16.3 Å².